The van der Waals surface area contributed by atoms with Crippen LogP contribution in [0.15, 0.2) is 53.8 Å². The van der Waals surface area contributed by atoms with Crippen LogP contribution in [-0.2, 0) is 7.05 Å². The minimum absolute atomic E-state index is 0.0209. The number of rotatable bonds is 2. The number of nitrogens with zero attached hydrogens (tertiary/aromatic N) is 5. The normalized spacial score (nSPS) is 14.7. The summed E-state index contributed by atoms with van der Waals surface area (Å²) in [4.78, 5) is 41.0. The molecular formula is C21H20N6O2. The Kier molecular flexibility index (Phi) is 4.04. The number of nitrogens with one attached hydrogen (secondary N) is 1. The second-order valence-electron chi connectivity index (χ2n) is 7.24. The topological polar surface area (TPSA) is 87.1 Å². The van der Waals surface area contributed by atoms with Crippen LogP contribution in [0.3, 0.4) is 0 Å². The Morgan fingerprint density at radius 3 is 2.72 bits per heavy atom. The van der Waals surface area contributed by atoms with Crippen molar-refractivity contribution in [3.05, 3.63) is 65.0 Å². The number of amides is 1. The van der Waals surface area contributed by atoms with E-state index in [0.29, 0.717) is 29.6 Å². The number of hydrogen-bond donors (Lipinski definition) is 1. The predicted molar refractivity (Wildman–Crippen MR) is 111 cm³/mol. The van der Waals surface area contributed by atoms with E-state index in [-0.39, 0.29) is 11.5 Å². The molecule has 146 valence electrons. The fourth-order valence-corrected chi connectivity index (χ4v) is 3.87. The van der Waals surface area contributed by atoms with Crippen LogP contribution in [0.2, 0.25) is 0 Å². The highest BCUT2D eigenvalue weighted by Gasteiger charge is 2.24. The Morgan fingerprint density at radius 1 is 1.07 bits per heavy atom. The molecule has 1 saturated heterocycles. The molecule has 0 saturated carbocycles. The van der Waals surface area contributed by atoms with Gasteiger partial charge in [-0.2, -0.15) is 0 Å². The van der Waals surface area contributed by atoms with Gasteiger partial charge in [-0.1, -0.05) is 0 Å². The van der Waals surface area contributed by atoms with Crippen LogP contribution in [0.1, 0.15) is 10.4 Å². The molecule has 1 aromatic carbocycles. The van der Waals surface area contributed by atoms with Crippen LogP contribution in [0.5, 0.6) is 0 Å². The highest BCUT2D eigenvalue weighted by Crippen LogP contribution is 2.22. The summed E-state index contributed by atoms with van der Waals surface area (Å²) in [6, 6.07) is 9.48. The quantitative estimate of drug-likeness (QED) is 0.566. The monoisotopic (exact) mass is 388 g/mol. The van der Waals surface area contributed by atoms with Crippen molar-refractivity contribution in [2.75, 3.05) is 31.1 Å². The molecule has 1 amide bonds. The van der Waals surface area contributed by atoms with E-state index in [1.54, 1.807) is 25.8 Å². The maximum Gasteiger partial charge on any atom is 0.260 e. The third kappa shape index (κ3) is 2.93. The molecule has 8 nitrogen and oxygen atoms in total. The molecule has 8 heteroatoms. The number of benzene rings is 1. The maximum absolute atomic E-state index is 13.0. The van der Waals surface area contributed by atoms with Crippen LogP contribution in [0.25, 0.3) is 21.9 Å². The number of piperazine rings is 1. The lowest BCUT2D eigenvalue weighted by molar-refractivity contribution is 0.0749. The minimum Gasteiger partial charge on any atom is -0.368 e. The Hall–Kier alpha value is -3.68. The van der Waals surface area contributed by atoms with Crippen molar-refractivity contribution in [1.82, 2.24) is 24.4 Å². The van der Waals surface area contributed by atoms with Crippen molar-refractivity contribution in [3.8, 4) is 0 Å². The highest BCUT2D eigenvalue weighted by molar-refractivity contribution is 6.06. The van der Waals surface area contributed by atoms with Gasteiger partial charge in [-0.15, -0.1) is 0 Å². The number of pyridine rings is 1. The lowest BCUT2D eigenvalue weighted by Gasteiger charge is -2.36. The zero-order valence-electron chi connectivity index (χ0n) is 16.0. The SMILES string of the molecule is Cn1cnc2cc(N3CCN(C(=O)c4c[nH]c5ncccc45)CC3)ccc2c1=O. The summed E-state index contributed by atoms with van der Waals surface area (Å²) >= 11 is 0. The molecule has 3 aromatic heterocycles. The summed E-state index contributed by atoms with van der Waals surface area (Å²) in [6.45, 7) is 2.72. The van der Waals surface area contributed by atoms with E-state index in [1.807, 2.05) is 35.2 Å². The van der Waals surface area contributed by atoms with Crippen molar-refractivity contribution >= 4 is 33.5 Å². The molecule has 1 N–H and O–H groups in total. The van der Waals surface area contributed by atoms with Gasteiger partial charge in [0, 0.05) is 56.7 Å². The lowest BCUT2D eigenvalue weighted by Crippen LogP contribution is -2.48. The van der Waals surface area contributed by atoms with Crippen molar-refractivity contribution in [2.45, 2.75) is 0 Å². The molecule has 0 spiro atoms. The van der Waals surface area contributed by atoms with Gasteiger partial charge in [0.1, 0.15) is 5.65 Å². The van der Waals surface area contributed by atoms with E-state index < -0.39 is 0 Å². The Balaban J connectivity index is 1.34. The highest BCUT2D eigenvalue weighted by atomic mass is 16.2. The van der Waals surface area contributed by atoms with Crippen LogP contribution in [0, 0.1) is 0 Å². The fourth-order valence-electron chi connectivity index (χ4n) is 3.87. The molecule has 0 unspecified atom stereocenters. The fraction of sp³-hybridized carbons (Fsp3) is 0.238. The maximum atomic E-state index is 13.0. The molecule has 29 heavy (non-hydrogen) atoms. The second kappa shape index (κ2) is 6.73. The number of H-pyrrole nitrogens is 1. The van der Waals surface area contributed by atoms with Crippen molar-refractivity contribution in [3.63, 3.8) is 0 Å². The zero-order valence-corrected chi connectivity index (χ0v) is 16.0. The summed E-state index contributed by atoms with van der Waals surface area (Å²) in [5.74, 6) is 0.0209. The molecule has 1 aliphatic rings. The summed E-state index contributed by atoms with van der Waals surface area (Å²) in [5.41, 5.74) is 3.04. The lowest BCUT2D eigenvalue weighted by atomic mass is 10.1. The van der Waals surface area contributed by atoms with Gasteiger partial charge in [-0.25, -0.2) is 9.97 Å². The van der Waals surface area contributed by atoms with Gasteiger partial charge in [-0.3, -0.25) is 9.59 Å². The van der Waals surface area contributed by atoms with E-state index in [9.17, 15) is 9.59 Å². The van der Waals surface area contributed by atoms with Crippen LogP contribution in [0.4, 0.5) is 5.69 Å². The minimum atomic E-state index is -0.0508. The van der Waals surface area contributed by atoms with Gasteiger partial charge in [0.15, 0.2) is 0 Å². The number of carbonyl (C=O) groups excluding carboxylic acids is 1. The van der Waals surface area contributed by atoms with Crippen LogP contribution < -0.4 is 10.5 Å². The van der Waals surface area contributed by atoms with Gasteiger partial charge in [0.05, 0.1) is 22.8 Å². The first-order chi connectivity index (χ1) is 14.1. The van der Waals surface area contributed by atoms with E-state index in [0.717, 1.165) is 29.8 Å². The molecule has 1 aliphatic heterocycles. The van der Waals surface area contributed by atoms with Crippen LogP contribution in [-0.4, -0.2) is 56.5 Å². The van der Waals surface area contributed by atoms with Crippen molar-refractivity contribution in [2.24, 2.45) is 7.05 Å². The van der Waals surface area contributed by atoms with Gasteiger partial charge in [0.25, 0.3) is 11.5 Å². The van der Waals surface area contributed by atoms with Gasteiger partial charge in [0.2, 0.25) is 0 Å². The molecule has 1 fully saturated rings. The molecule has 5 rings (SSSR count). The number of aryl methyl sites for hydroxylation is 1. The average molecular weight is 388 g/mol. The Morgan fingerprint density at radius 2 is 1.90 bits per heavy atom. The third-order valence-corrected chi connectivity index (χ3v) is 5.52. The van der Waals surface area contributed by atoms with Gasteiger partial charge >= 0.3 is 0 Å². The van der Waals surface area contributed by atoms with Crippen LogP contribution >= 0.6 is 0 Å². The van der Waals surface area contributed by atoms with E-state index in [2.05, 4.69) is 19.9 Å². The standard InChI is InChI=1S/C21H20N6O2/c1-25-13-24-18-11-14(4-5-16(18)20(25)28)26-7-9-27(10-8-26)21(29)17-12-23-19-15(17)3-2-6-22-19/h2-6,11-13H,7-10H2,1H3,(H,22,23). The molecular weight excluding hydrogens is 368 g/mol. The molecule has 4 heterocycles. The molecule has 0 radical (unpaired) electrons. The first-order valence-corrected chi connectivity index (χ1v) is 9.53. The predicted octanol–water partition coefficient (Wildman–Crippen LogP) is 1.77. The van der Waals surface area contributed by atoms with Gasteiger partial charge in [-0.05, 0) is 30.3 Å². The molecule has 0 bridgehead atoms. The number of aromatic nitrogens is 4. The van der Waals surface area contributed by atoms with E-state index in [1.165, 1.54) is 4.57 Å². The van der Waals surface area contributed by atoms with Crippen molar-refractivity contribution < 1.29 is 4.79 Å². The molecule has 0 aliphatic carbocycles. The van der Waals surface area contributed by atoms with Gasteiger partial charge < -0.3 is 19.4 Å². The summed E-state index contributed by atoms with van der Waals surface area (Å²) in [7, 11) is 1.70. The molecule has 0 atom stereocenters. The first-order valence-electron chi connectivity index (χ1n) is 9.53. The van der Waals surface area contributed by atoms with E-state index >= 15 is 0 Å². The van der Waals surface area contributed by atoms with E-state index in [4.69, 9.17) is 0 Å². The molecule has 4 aromatic rings. The second-order valence-corrected chi connectivity index (χ2v) is 7.24. The third-order valence-electron chi connectivity index (χ3n) is 5.52. The Labute approximate surface area is 166 Å². The number of aromatic amines is 1. The summed E-state index contributed by atoms with van der Waals surface area (Å²) < 4.78 is 1.48. The number of fused-ring (bicyclic) bond motifs is 2. The number of hydrogen-bond acceptors (Lipinski definition) is 5. The van der Waals surface area contributed by atoms with Crippen molar-refractivity contribution in [1.29, 1.82) is 0 Å². The smallest absolute Gasteiger partial charge is 0.260 e. The number of carbonyl (C=O) groups is 1. The zero-order chi connectivity index (χ0) is 20.0. The number of anilines is 1. The summed E-state index contributed by atoms with van der Waals surface area (Å²) in [5, 5.41) is 1.46. The summed E-state index contributed by atoms with van der Waals surface area (Å²) in [6.07, 6.45) is 4.99. The first kappa shape index (κ1) is 17.4. The largest absolute Gasteiger partial charge is 0.368 e. The Bertz CT molecular complexity index is 1280. The average Bonchev–Trinajstić information content (AvgIpc) is 3.20.